The summed E-state index contributed by atoms with van der Waals surface area (Å²) in [5.41, 5.74) is 7.17. The maximum atomic E-state index is 11.5. The van der Waals surface area contributed by atoms with Crippen molar-refractivity contribution in [3.8, 4) is 5.75 Å². The van der Waals surface area contributed by atoms with E-state index in [-0.39, 0.29) is 18.5 Å². The molecular formula is C10H11ClN2O2. The Labute approximate surface area is 92.6 Å². The highest BCUT2D eigenvalue weighted by Gasteiger charge is 2.24. The molecule has 0 spiro atoms. The molecule has 0 aliphatic carbocycles. The van der Waals surface area contributed by atoms with E-state index in [1.54, 1.807) is 0 Å². The van der Waals surface area contributed by atoms with Gasteiger partial charge in [0.05, 0.1) is 5.69 Å². The summed E-state index contributed by atoms with van der Waals surface area (Å²) in [6.07, 6.45) is 0. The molecule has 5 heteroatoms. The summed E-state index contributed by atoms with van der Waals surface area (Å²) in [4.78, 5) is 13.0. The van der Waals surface area contributed by atoms with Gasteiger partial charge in [-0.05, 0) is 17.7 Å². The van der Waals surface area contributed by atoms with Crippen molar-refractivity contribution in [3.63, 3.8) is 0 Å². The Bertz CT molecular complexity index is 395. The van der Waals surface area contributed by atoms with Gasteiger partial charge in [0.2, 0.25) is 0 Å². The molecule has 2 N–H and O–H groups in total. The maximum Gasteiger partial charge on any atom is 0.266 e. The fraction of sp³-hybridized carbons (Fsp3) is 0.300. The van der Waals surface area contributed by atoms with E-state index >= 15 is 0 Å². The molecule has 1 amide bonds. The second kappa shape index (κ2) is 4.08. The number of nitrogens with two attached hydrogens (primary N) is 1. The fourth-order valence-corrected chi connectivity index (χ4v) is 1.77. The third-order valence-corrected chi connectivity index (χ3v) is 2.56. The van der Waals surface area contributed by atoms with E-state index in [2.05, 4.69) is 0 Å². The summed E-state index contributed by atoms with van der Waals surface area (Å²) in [6, 6.07) is 5.64. The number of fused-ring (bicyclic) bond motifs is 1. The lowest BCUT2D eigenvalue weighted by Crippen LogP contribution is -2.37. The van der Waals surface area contributed by atoms with Gasteiger partial charge < -0.3 is 10.5 Å². The lowest BCUT2D eigenvalue weighted by atomic mass is 10.1. The predicted octanol–water partition coefficient (Wildman–Crippen LogP) is 1.07. The molecule has 0 fully saturated rings. The van der Waals surface area contributed by atoms with E-state index in [1.165, 1.54) is 4.90 Å². The van der Waals surface area contributed by atoms with E-state index in [1.807, 2.05) is 18.2 Å². The molecule has 0 unspecified atom stereocenters. The van der Waals surface area contributed by atoms with Gasteiger partial charge in [0.1, 0.15) is 11.8 Å². The van der Waals surface area contributed by atoms with Crippen LogP contribution in [-0.2, 0) is 11.3 Å². The van der Waals surface area contributed by atoms with Crippen molar-refractivity contribution >= 4 is 23.2 Å². The first-order valence-corrected chi connectivity index (χ1v) is 5.12. The number of amides is 1. The van der Waals surface area contributed by atoms with Crippen LogP contribution < -0.4 is 15.4 Å². The first-order chi connectivity index (χ1) is 7.26. The molecule has 0 saturated carbocycles. The lowest BCUT2D eigenvalue weighted by Gasteiger charge is -2.27. The summed E-state index contributed by atoms with van der Waals surface area (Å²) in [5, 5.41) is 0. The number of ether oxygens (including phenoxy) is 1. The predicted molar refractivity (Wildman–Crippen MR) is 58.0 cm³/mol. The second-order valence-corrected chi connectivity index (χ2v) is 3.48. The number of alkyl halides is 1. The van der Waals surface area contributed by atoms with Gasteiger partial charge in [0.25, 0.3) is 5.91 Å². The van der Waals surface area contributed by atoms with Crippen molar-refractivity contribution in [2.24, 2.45) is 5.73 Å². The monoisotopic (exact) mass is 226 g/mol. The number of carbonyl (C=O) groups excluding carboxylic acids is 1. The van der Waals surface area contributed by atoms with Crippen molar-refractivity contribution in [2.75, 3.05) is 17.5 Å². The van der Waals surface area contributed by atoms with Crippen molar-refractivity contribution in [3.05, 3.63) is 23.8 Å². The standard InChI is InChI=1S/C10H11ClN2O2/c11-6-13-8-3-7(4-12)1-2-9(8)15-5-10(13)14/h1-3H,4-6,12H2. The normalized spacial score (nSPS) is 14.8. The van der Waals surface area contributed by atoms with Crippen molar-refractivity contribution in [1.82, 2.24) is 0 Å². The second-order valence-electron chi connectivity index (χ2n) is 3.24. The average molecular weight is 227 g/mol. The van der Waals surface area contributed by atoms with Gasteiger partial charge in [-0.15, -0.1) is 11.6 Å². The lowest BCUT2D eigenvalue weighted by molar-refractivity contribution is -0.121. The van der Waals surface area contributed by atoms with Crippen LogP contribution in [0.4, 0.5) is 5.69 Å². The van der Waals surface area contributed by atoms with Crippen molar-refractivity contribution < 1.29 is 9.53 Å². The molecule has 15 heavy (non-hydrogen) atoms. The highest BCUT2D eigenvalue weighted by Crippen LogP contribution is 2.32. The fourth-order valence-electron chi connectivity index (χ4n) is 1.51. The zero-order chi connectivity index (χ0) is 10.8. The SMILES string of the molecule is NCc1ccc2c(c1)N(CCl)C(=O)CO2. The Hall–Kier alpha value is -1.26. The summed E-state index contributed by atoms with van der Waals surface area (Å²) < 4.78 is 5.28. The molecule has 0 bridgehead atoms. The van der Waals surface area contributed by atoms with Crippen molar-refractivity contribution in [2.45, 2.75) is 6.54 Å². The van der Waals surface area contributed by atoms with E-state index in [9.17, 15) is 4.79 Å². The molecule has 80 valence electrons. The summed E-state index contributed by atoms with van der Waals surface area (Å²) in [6.45, 7) is 0.472. The quantitative estimate of drug-likeness (QED) is 0.606. The molecular weight excluding hydrogens is 216 g/mol. The number of benzene rings is 1. The summed E-state index contributed by atoms with van der Waals surface area (Å²) in [7, 11) is 0. The van der Waals surface area contributed by atoms with Crippen LogP contribution in [0.3, 0.4) is 0 Å². The van der Waals surface area contributed by atoms with Crippen LogP contribution in [0.1, 0.15) is 5.56 Å². The molecule has 1 heterocycles. The Morgan fingerprint density at radius 3 is 3.00 bits per heavy atom. The van der Waals surface area contributed by atoms with Crippen LogP contribution >= 0.6 is 11.6 Å². The van der Waals surface area contributed by atoms with Crippen LogP contribution in [0.25, 0.3) is 0 Å². The third-order valence-electron chi connectivity index (χ3n) is 2.32. The molecule has 0 atom stereocenters. The number of rotatable bonds is 2. The van der Waals surface area contributed by atoms with Crippen LogP contribution in [-0.4, -0.2) is 18.5 Å². The molecule has 1 aromatic carbocycles. The molecule has 0 radical (unpaired) electrons. The van der Waals surface area contributed by atoms with Gasteiger partial charge in [0.15, 0.2) is 6.61 Å². The number of carbonyl (C=O) groups is 1. The summed E-state index contributed by atoms with van der Waals surface area (Å²) >= 11 is 5.72. The van der Waals surface area contributed by atoms with Crippen LogP contribution in [0.2, 0.25) is 0 Å². The van der Waals surface area contributed by atoms with Gasteiger partial charge in [-0.1, -0.05) is 6.07 Å². The van der Waals surface area contributed by atoms with Crippen LogP contribution in [0.5, 0.6) is 5.75 Å². The summed E-state index contributed by atoms with van der Waals surface area (Å²) in [5.74, 6) is 0.541. The molecule has 0 saturated heterocycles. The smallest absolute Gasteiger partial charge is 0.266 e. The largest absolute Gasteiger partial charge is 0.482 e. The van der Waals surface area contributed by atoms with Gasteiger partial charge in [-0.3, -0.25) is 9.69 Å². The Balaban J connectivity index is 2.45. The van der Waals surface area contributed by atoms with Gasteiger partial charge >= 0.3 is 0 Å². The topological polar surface area (TPSA) is 55.6 Å². The number of hydrogen-bond acceptors (Lipinski definition) is 3. The number of hydrogen-bond donors (Lipinski definition) is 1. The number of anilines is 1. The zero-order valence-corrected chi connectivity index (χ0v) is 8.83. The highest BCUT2D eigenvalue weighted by atomic mass is 35.5. The van der Waals surface area contributed by atoms with Gasteiger partial charge in [-0.25, -0.2) is 0 Å². The maximum absolute atomic E-state index is 11.5. The highest BCUT2D eigenvalue weighted by molar-refractivity contribution is 6.22. The zero-order valence-electron chi connectivity index (χ0n) is 8.07. The molecule has 1 aromatic rings. The molecule has 2 rings (SSSR count). The average Bonchev–Trinajstić information content (AvgIpc) is 2.28. The minimum atomic E-state index is -0.133. The van der Waals surface area contributed by atoms with E-state index in [4.69, 9.17) is 22.1 Å². The van der Waals surface area contributed by atoms with Crippen LogP contribution in [0, 0.1) is 0 Å². The Morgan fingerprint density at radius 1 is 1.53 bits per heavy atom. The molecule has 4 nitrogen and oxygen atoms in total. The van der Waals surface area contributed by atoms with E-state index in [0.29, 0.717) is 18.0 Å². The third kappa shape index (κ3) is 1.78. The molecule has 0 aromatic heterocycles. The number of nitrogens with zero attached hydrogens (tertiary/aromatic N) is 1. The van der Waals surface area contributed by atoms with E-state index < -0.39 is 0 Å². The first kappa shape index (κ1) is 10.3. The molecule has 1 aliphatic rings. The van der Waals surface area contributed by atoms with Gasteiger partial charge in [-0.2, -0.15) is 0 Å². The van der Waals surface area contributed by atoms with Gasteiger partial charge in [0, 0.05) is 6.54 Å². The molecule has 1 aliphatic heterocycles. The van der Waals surface area contributed by atoms with Crippen molar-refractivity contribution in [1.29, 1.82) is 0 Å². The van der Waals surface area contributed by atoms with E-state index in [0.717, 1.165) is 5.56 Å². The first-order valence-electron chi connectivity index (χ1n) is 4.58. The minimum Gasteiger partial charge on any atom is -0.482 e. The number of halogens is 1. The van der Waals surface area contributed by atoms with Crippen LogP contribution in [0.15, 0.2) is 18.2 Å². The Morgan fingerprint density at radius 2 is 2.33 bits per heavy atom. The Kier molecular flexibility index (Phi) is 2.79. The minimum absolute atomic E-state index is 0.0433.